The summed E-state index contributed by atoms with van der Waals surface area (Å²) in [6.45, 7) is 3.28. The summed E-state index contributed by atoms with van der Waals surface area (Å²) in [4.78, 5) is 12.6. The first kappa shape index (κ1) is 27.7. The molecule has 11 heteroatoms. The van der Waals surface area contributed by atoms with Gasteiger partial charge in [0.15, 0.2) is 0 Å². The van der Waals surface area contributed by atoms with E-state index in [1.54, 1.807) is 30.3 Å². The highest BCUT2D eigenvalue weighted by molar-refractivity contribution is 14.1. The van der Waals surface area contributed by atoms with Gasteiger partial charge >= 0.3 is 0 Å². The molecule has 1 unspecified atom stereocenters. The molecule has 1 heterocycles. The second-order valence-corrected chi connectivity index (χ2v) is 11.6. The molecular formula is C24H32IN3O6S. The maximum atomic E-state index is 12.5. The average Bonchev–Trinajstić information content (AvgIpc) is 3.40. The van der Waals surface area contributed by atoms with E-state index in [1.807, 2.05) is 13.0 Å². The molecule has 0 bridgehead atoms. The molecule has 1 aliphatic rings. The summed E-state index contributed by atoms with van der Waals surface area (Å²) in [6, 6.07) is 13.7. The van der Waals surface area contributed by atoms with Crippen LogP contribution in [0.2, 0.25) is 0 Å². The third-order valence-corrected chi connectivity index (χ3v) is 8.45. The molecule has 1 fully saturated rings. The first-order chi connectivity index (χ1) is 16.8. The Bertz CT molecular complexity index is 1090. The fourth-order valence-corrected chi connectivity index (χ4v) is 5.61. The standard InChI is InChI=1S/C24H32IN3O6S/c1-2-19(20-5-3-6-21(15-20)28(31)25-30)10-13-24(29)26-16-18-8-11-23(12-9-18)35(32,33)27-17-22-7-4-14-34-22/h3,5-6,8-9,11-12,15,19,22,27,31H,2,4,7,10,13-14,16-17H2,1H3,(H,26,29)/t19-,22?/m1/s1. The topological polar surface area (TPSA) is 125 Å². The lowest BCUT2D eigenvalue weighted by atomic mass is 9.91. The summed E-state index contributed by atoms with van der Waals surface area (Å²) in [7, 11) is -3.61. The number of sulfonamides is 1. The summed E-state index contributed by atoms with van der Waals surface area (Å²) in [5, 5.41) is 12.6. The van der Waals surface area contributed by atoms with Gasteiger partial charge in [-0.15, -0.1) is 0 Å². The number of ether oxygens (including phenoxy) is 1. The third-order valence-electron chi connectivity index (χ3n) is 6.08. The molecule has 2 aromatic carbocycles. The quantitative estimate of drug-likeness (QED) is 0.175. The molecule has 1 amide bonds. The van der Waals surface area contributed by atoms with Crippen molar-refractivity contribution >= 4 is 43.1 Å². The zero-order chi connectivity index (χ0) is 25.3. The molecule has 0 aliphatic carbocycles. The van der Waals surface area contributed by atoms with Gasteiger partial charge < -0.3 is 10.1 Å². The van der Waals surface area contributed by atoms with E-state index in [4.69, 9.17) is 4.74 Å². The number of halogens is 1. The zero-order valence-electron chi connectivity index (χ0n) is 19.7. The molecule has 0 saturated carbocycles. The number of nitrogens with zero attached hydrogens (tertiary/aromatic N) is 1. The Labute approximate surface area is 217 Å². The minimum atomic E-state index is -3.61. The predicted molar refractivity (Wildman–Crippen MR) is 140 cm³/mol. The fraction of sp³-hybridized carbons (Fsp3) is 0.458. The summed E-state index contributed by atoms with van der Waals surface area (Å²) in [5.41, 5.74) is 2.28. The van der Waals surface area contributed by atoms with Crippen molar-refractivity contribution in [2.75, 3.05) is 16.4 Å². The second-order valence-electron chi connectivity index (χ2n) is 8.48. The van der Waals surface area contributed by atoms with E-state index in [2.05, 4.69) is 10.0 Å². The van der Waals surface area contributed by atoms with E-state index in [9.17, 15) is 21.5 Å². The Morgan fingerprint density at radius 1 is 1.26 bits per heavy atom. The number of benzene rings is 2. The van der Waals surface area contributed by atoms with Crippen LogP contribution in [0.15, 0.2) is 53.4 Å². The minimum absolute atomic E-state index is 0.0703. The van der Waals surface area contributed by atoms with E-state index in [0.717, 1.165) is 33.7 Å². The monoisotopic (exact) mass is 617 g/mol. The Balaban J connectivity index is 1.47. The van der Waals surface area contributed by atoms with Crippen LogP contribution in [0.4, 0.5) is 5.69 Å². The Morgan fingerprint density at radius 2 is 2.03 bits per heavy atom. The summed E-state index contributed by atoms with van der Waals surface area (Å²) < 4.78 is 44.8. The fourth-order valence-electron chi connectivity index (χ4n) is 4.01. The molecule has 3 rings (SSSR count). The van der Waals surface area contributed by atoms with Crippen molar-refractivity contribution in [3.05, 3.63) is 59.7 Å². The first-order valence-electron chi connectivity index (χ1n) is 11.7. The van der Waals surface area contributed by atoms with Gasteiger partial charge in [-0.1, -0.05) is 31.2 Å². The highest BCUT2D eigenvalue weighted by Crippen LogP contribution is 2.29. The van der Waals surface area contributed by atoms with Gasteiger partial charge in [0.2, 0.25) is 15.9 Å². The van der Waals surface area contributed by atoms with Gasteiger partial charge in [-0.25, -0.2) is 16.2 Å². The van der Waals surface area contributed by atoms with Crippen molar-refractivity contribution in [3.63, 3.8) is 0 Å². The SMILES string of the molecule is CC[C@H](CCC(=O)NCc1ccc(S(=O)(=O)NCC2CCCO2)cc1)c1cccc(N(O)I=O)c1. The molecule has 0 radical (unpaired) electrons. The van der Waals surface area contributed by atoms with Crippen LogP contribution >= 0.6 is 21.5 Å². The van der Waals surface area contributed by atoms with Crippen molar-refractivity contribution in [1.82, 2.24) is 10.0 Å². The van der Waals surface area contributed by atoms with Gasteiger partial charge in [0.05, 0.1) is 16.7 Å². The lowest BCUT2D eigenvalue weighted by Gasteiger charge is -2.17. The molecule has 1 aliphatic heterocycles. The Morgan fingerprint density at radius 3 is 2.69 bits per heavy atom. The molecule has 2 atom stereocenters. The van der Waals surface area contributed by atoms with Crippen LogP contribution in [0, 0.1) is 0 Å². The van der Waals surface area contributed by atoms with Crippen molar-refractivity contribution in [2.45, 2.75) is 62.5 Å². The van der Waals surface area contributed by atoms with Crippen LogP contribution in [0.3, 0.4) is 0 Å². The molecule has 0 aromatic heterocycles. The van der Waals surface area contributed by atoms with E-state index in [-0.39, 0.29) is 29.4 Å². The lowest BCUT2D eigenvalue weighted by molar-refractivity contribution is -0.121. The summed E-state index contributed by atoms with van der Waals surface area (Å²) in [5.74, 6) is 0.0364. The predicted octanol–water partition coefficient (Wildman–Crippen LogP) is 4.16. The van der Waals surface area contributed by atoms with Crippen LogP contribution in [-0.2, 0) is 29.2 Å². The van der Waals surface area contributed by atoms with Crippen LogP contribution in [-0.4, -0.2) is 38.8 Å². The molecule has 0 spiro atoms. The number of rotatable bonds is 13. The zero-order valence-corrected chi connectivity index (χ0v) is 22.6. The number of anilines is 1. The van der Waals surface area contributed by atoms with Gasteiger partial charge in [0, 0.05) is 26.1 Å². The second kappa shape index (κ2) is 13.4. The molecule has 35 heavy (non-hydrogen) atoms. The highest BCUT2D eigenvalue weighted by atomic mass is 127. The third kappa shape index (κ3) is 8.31. The number of carbonyl (C=O) groups is 1. The van der Waals surface area contributed by atoms with Crippen molar-refractivity contribution in [3.8, 4) is 0 Å². The Hall–Kier alpha value is -1.93. The summed E-state index contributed by atoms with van der Waals surface area (Å²) in [6.07, 6.45) is 3.53. The largest absolute Gasteiger partial charge is 0.377 e. The lowest BCUT2D eigenvalue weighted by Crippen LogP contribution is -2.31. The van der Waals surface area contributed by atoms with Gasteiger partial charge in [-0.2, -0.15) is 3.28 Å². The molecule has 2 aromatic rings. The van der Waals surface area contributed by atoms with Crippen LogP contribution < -0.4 is 13.3 Å². The van der Waals surface area contributed by atoms with Gasteiger partial charge in [0.25, 0.3) is 21.5 Å². The van der Waals surface area contributed by atoms with Crippen LogP contribution in [0.1, 0.15) is 56.1 Å². The van der Waals surface area contributed by atoms with Gasteiger partial charge in [-0.05, 0) is 67.0 Å². The molecule has 3 N–H and O–H groups in total. The molecule has 9 nitrogen and oxygen atoms in total. The Kier molecular flexibility index (Phi) is 10.6. The maximum Gasteiger partial charge on any atom is 0.300 e. The van der Waals surface area contributed by atoms with E-state index >= 15 is 0 Å². The van der Waals surface area contributed by atoms with Crippen molar-refractivity contribution in [1.29, 1.82) is 0 Å². The smallest absolute Gasteiger partial charge is 0.300 e. The van der Waals surface area contributed by atoms with Crippen LogP contribution in [0.25, 0.3) is 0 Å². The maximum absolute atomic E-state index is 12.5. The van der Waals surface area contributed by atoms with Crippen molar-refractivity contribution < 1.29 is 26.2 Å². The van der Waals surface area contributed by atoms with Gasteiger partial charge in [-0.3, -0.25) is 10.0 Å². The molecule has 1 saturated heterocycles. The minimum Gasteiger partial charge on any atom is -0.377 e. The van der Waals surface area contributed by atoms with Crippen LogP contribution in [0.5, 0.6) is 0 Å². The molecule has 192 valence electrons. The van der Waals surface area contributed by atoms with E-state index < -0.39 is 31.5 Å². The van der Waals surface area contributed by atoms with E-state index in [1.165, 1.54) is 12.1 Å². The molecular weight excluding hydrogens is 585 g/mol. The van der Waals surface area contributed by atoms with E-state index in [0.29, 0.717) is 31.7 Å². The van der Waals surface area contributed by atoms with Crippen molar-refractivity contribution in [2.24, 2.45) is 0 Å². The number of nitrogens with one attached hydrogen (secondary N) is 2. The number of hydrogen-bond donors (Lipinski definition) is 3. The average molecular weight is 618 g/mol. The number of hydrogen-bond acceptors (Lipinski definition) is 6. The first-order valence-corrected chi connectivity index (χ1v) is 15.0. The number of amides is 1. The number of carbonyl (C=O) groups excluding carboxylic acids is 1. The highest BCUT2D eigenvalue weighted by Gasteiger charge is 2.20. The van der Waals surface area contributed by atoms with Gasteiger partial charge in [0.1, 0.15) is 0 Å². The summed E-state index contributed by atoms with van der Waals surface area (Å²) >= 11 is -1.70. The normalized spacial score (nSPS) is 16.7.